The SMILES string of the molecule is COc1cc(N2CCN(C)CC2)ccc1N.COc1cc(N2CCN(C)CC2)ccc1Nc1nc(Oc2cc(F)cc([N+](=O)[O-])c2)c2c(Cl)cn(COCC[Si](C)(C)C)c2n1.C[P+](=O)S.C[Si](C)(C)CCOCn1cc(Cl)c2c(Oc3cc(F)cc([N+](=O)[O-])c3)nc(Cl)nc21. The molecule has 2 fully saturated rings. The van der Waals surface area contributed by atoms with Gasteiger partial charge in [-0.1, -0.05) is 67.0 Å². The fraction of sp³-hybridized carbons (Fsp3) is 0.410. The molecule has 1 atom stereocenters. The summed E-state index contributed by atoms with van der Waals surface area (Å²) in [4.78, 5) is 47.7. The topological polar surface area (TPSA) is 271 Å². The Labute approximate surface area is 572 Å². The van der Waals surface area contributed by atoms with Gasteiger partial charge in [-0.3, -0.25) is 20.2 Å². The van der Waals surface area contributed by atoms with Crippen molar-refractivity contribution in [2.24, 2.45) is 0 Å². The molecule has 0 spiro atoms. The molecule has 25 nitrogen and oxygen atoms in total. The summed E-state index contributed by atoms with van der Waals surface area (Å²) >= 11 is 22.5. The molecule has 1 unspecified atom stereocenters. The van der Waals surface area contributed by atoms with Crippen molar-refractivity contribution in [3.8, 4) is 34.8 Å². The van der Waals surface area contributed by atoms with E-state index in [2.05, 4.69) is 112 Å². The van der Waals surface area contributed by atoms with Crippen LogP contribution in [0.3, 0.4) is 0 Å². The molecule has 4 aromatic carbocycles. The molecule has 95 heavy (non-hydrogen) atoms. The van der Waals surface area contributed by atoms with Crippen molar-refractivity contribution >= 4 is 132 Å². The predicted octanol–water partition coefficient (Wildman–Crippen LogP) is 14.9. The molecule has 0 aliphatic carbocycles. The van der Waals surface area contributed by atoms with Gasteiger partial charge in [0.15, 0.2) is 11.3 Å². The molecule has 0 radical (unpaired) electrons. The Kier molecular flexibility index (Phi) is 27.0. The summed E-state index contributed by atoms with van der Waals surface area (Å²) in [6.07, 6.45) is 3.26. The van der Waals surface area contributed by atoms with Crippen molar-refractivity contribution in [1.82, 2.24) is 38.9 Å². The third-order valence-corrected chi connectivity index (χ3v) is 18.8. The highest BCUT2D eigenvalue weighted by Crippen LogP contribution is 2.40. The first-order valence-electron chi connectivity index (χ1n) is 29.9. The number of ether oxygens (including phenoxy) is 6. The minimum absolute atomic E-state index is 0.0127. The smallest absolute Gasteiger partial charge is 0.404 e. The second-order valence-electron chi connectivity index (χ2n) is 24.6. The maximum absolute atomic E-state index is 14.3. The van der Waals surface area contributed by atoms with Crippen LogP contribution in [0.4, 0.5) is 48.9 Å². The molecule has 0 amide bonds. The van der Waals surface area contributed by atoms with Crippen molar-refractivity contribution in [2.75, 3.05) is 121 Å². The monoisotopic (exact) mass is 1450 g/mol. The van der Waals surface area contributed by atoms with Gasteiger partial charge in [-0.05, 0) is 62.0 Å². The lowest BCUT2D eigenvalue weighted by Gasteiger charge is -2.34. The summed E-state index contributed by atoms with van der Waals surface area (Å²) in [5, 5.41) is 26.7. The largest absolute Gasteiger partial charge is 0.495 e. The van der Waals surface area contributed by atoms with Crippen LogP contribution in [0, 0.1) is 31.9 Å². The molecule has 2 aliphatic heterocycles. The van der Waals surface area contributed by atoms with E-state index in [0.717, 1.165) is 112 Å². The zero-order valence-electron chi connectivity index (χ0n) is 54.7. The van der Waals surface area contributed by atoms with E-state index in [1.807, 2.05) is 30.3 Å². The molecule has 0 bridgehead atoms. The Balaban J connectivity index is 0.000000217. The molecule has 0 saturated carbocycles. The number of halogens is 5. The first-order valence-corrected chi connectivity index (χ1v) is 41.3. The van der Waals surface area contributed by atoms with E-state index < -0.39 is 56.0 Å². The Morgan fingerprint density at radius 3 is 1.48 bits per heavy atom. The highest BCUT2D eigenvalue weighted by Gasteiger charge is 2.25. The number of aromatic nitrogens is 6. The fourth-order valence-corrected chi connectivity index (χ4v) is 11.7. The zero-order valence-corrected chi connectivity index (χ0v) is 60.8. The van der Waals surface area contributed by atoms with E-state index in [0.29, 0.717) is 52.4 Å². The summed E-state index contributed by atoms with van der Waals surface area (Å²) in [7, 11) is 3.80. The van der Waals surface area contributed by atoms with Gasteiger partial charge in [-0.15, -0.1) is 0 Å². The van der Waals surface area contributed by atoms with Crippen molar-refractivity contribution in [2.45, 2.75) is 64.8 Å². The van der Waals surface area contributed by atoms with Crippen LogP contribution in [0.1, 0.15) is 0 Å². The highest BCUT2D eigenvalue weighted by molar-refractivity contribution is 8.40. The number of nitrogen functional groups attached to an aromatic ring is 1. The number of nitro benzene ring substituents is 2. The van der Waals surface area contributed by atoms with E-state index in [4.69, 9.17) is 73.9 Å². The number of piperazine rings is 2. The number of hydrogen-bond donors (Lipinski definition) is 3. The van der Waals surface area contributed by atoms with Gasteiger partial charge in [0.2, 0.25) is 23.0 Å². The summed E-state index contributed by atoms with van der Waals surface area (Å²) < 4.78 is 75.1. The summed E-state index contributed by atoms with van der Waals surface area (Å²) in [6.45, 7) is 24.8. The normalized spacial score (nSPS) is 13.8. The minimum Gasteiger partial charge on any atom is -0.495 e. The number of methoxy groups -OCH3 is 2. The number of benzene rings is 4. The molecule has 8 aromatic rings. The van der Waals surface area contributed by atoms with Gasteiger partial charge in [0.05, 0.1) is 69.8 Å². The van der Waals surface area contributed by atoms with Gasteiger partial charge >= 0.3 is 7.00 Å². The second kappa shape index (κ2) is 34.1. The maximum atomic E-state index is 14.3. The first kappa shape index (κ1) is 75.2. The van der Waals surface area contributed by atoms with Crippen LogP contribution < -0.4 is 39.8 Å². The molecule has 512 valence electrons. The van der Waals surface area contributed by atoms with Gasteiger partial charge in [-0.25, -0.2) is 8.78 Å². The Morgan fingerprint density at radius 2 is 1.05 bits per heavy atom. The van der Waals surface area contributed by atoms with Crippen molar-refractivity contribution in [3.63, 3.8) is 0 Å². The maximum Gasteiger partial charge on any atom is 0.404 e. The van der Waals surface area contributed by atoms with Crippen molar-refractivity contribution in [3.05, 3.63) is 132 Å². The fourth-order valence-electron chi connectivity index (χ4n) is 9.45. The van der Waals surface area contributed by atoms with Crippen LogP contribution in [0.15, 0.2) is 85.2 Å². The number of nitrogens with one attached hydrogen (secondary N) is 1. The van der Waals surface area contributed by atoms with Crippen LogP contribution >= 0.6 is 54.1 Å². The average Bonchev–Trinajstić information content (AvgIpc) is 1.66. The quantitative estimate of drug-likeness (QED) is 0.00831. The minimum atomic E-state index is -1.30. The number of hydrogen-bond acceptors (Lipinski definition) is 21. The Morgan fingerprint density at radius 1 is 0.632 bits per heavy atom. The second-order valence-corrected chi connectivity index (χ2v) is 39.6. The molecular weight excluding hydrogens is 1370 g/mol. The number of non-ortho nitro benzene ring substituents is 2. The molecule has 4 aromatic heterocycles. The van der Waals surface area contributed by atoms with Gasteiger partial charge in [0.25, 0.3) is 11.4 Å². The van der Waals surface area contributed by atoms with E-state index in [-0.39, 0.29) is 58.0 Å². The van der Waals surface area contributed by atoms with Crippen molar-refractivity contribution < 1.29 is 51.6 Å². The van der Waals surface area contributed by atoms with Gasteiger partial charge in [0, 0.05) is 130 Å². The molecule has 3 N–H and O–H groups in total. The third kappa shape index (κ3) is 22.4. The van der Waals surface area contributed by atoms with E-state index in [1.54, 1.807) is 42.4 Å². The third-order valence-electron chi connectivity index (χ3n) is 14.6. The first-order chi connectivity index (χ1) is 44.9. The van der Waals surface area contributed by atoms with Crippen LogP contribution in [-0.4, -0.2) is 165 Å². The van der Waals surface area contributed by atoms with Crippen LogP contribution in [0.5, 0.6) is 34.8 Å². The van der Waals surface area contributed by atoms with E-state index in [9.17, 15) is 33.6 Å². The Bertz CT molecular complexity index is 3990. The lowest BCUT2D eigenvalue weighted by atomic mass is 10.2. The van der Waals surface area contributed by atoms with E-state index in [1.165, 1.54) is 5.69 Å². The molecule has 34 heteroatoms. The number of fused-ring (bicyclic) bond motifs is 2. The molecule has 2 saturated heterocycles. The average molecular weight is 1450 g/mol. The lowest BCUT2D eigenvalue weighted by molar-refractivity contribution is -0.385. The number of anilines is 5. The molecule has 6 heterocycles. The predicted molar refractivity (Wildman–Crippen MR) is 380 cm³/mol. The van der Waals surface area contributed by atoms with Crippen molar-refractivity contribution in [1.29, 1.82) is 0 Å². The number of nitrogens with two attached hydrogens (primary N) is 1. The van der Waals surface area contributed by atoms with Gasteiger partial charge in [0.1, 0.15) is 77.8 Å². The van der Waals surface area contributed by atoms with Crippen LogP contribution in [-0.2, 0) is 27.5 Å². The number of likely N-dealkylation sites (N-methyl/N-ethyl adjacent to an activating group) is 2. The van der Waals surface area contributed by atoms with Crippen LogP contribution in [0.25, 0.3) is 22.1 Å². The number of rotatable bonds is 22. The zero-order chi connectivity index (χ0) is 69.5. The summed E-state index contributed by atoms with van der Waals surface area (Å²) in [5.41, 5.74) is 9.19. The summed E-state index contributed by atoms with van der Waals surface area (Å²) in [5.74, 6) is -0.449. The van der Waals surface area contributed by atoms with E-state index >= 15 is 0 Å². The number of thiol groups is 1. The Hall–Kier alpha value is -7.23. The molecule has 2 aliphatic rings. The molecule has 10 rings (SSSR count). The summed E-state index contributed by atoms with van der Waals surface area (Å²) in [6, 6.07) is 19.7. The van der Waals surface area contributed by atoms with Crippen LogP contribution in [0.2, 0.25) is 66.7 Å². The number of nitro groups is 2. The molecular formula is C61H79Cl3F2N14O11PSSi2+. The highest BCUT2D eigenvalue weighted by atomic mass is 35.5. The number of nitrogens with zero attached hydrogens (tertiary/aromatic N) is 12. The lowest BCUT2D eigenvalue weighted by Crippen LogP contribution is -2.44. The van der Waals surface area contributed by atoms with Gasteiger partial charge < -0.3 is 68.2 Å². The van der Waals surface area contributed by atoms with Gasteiger partial charge in [-0.2, -0.15) is 19.9 Å². The standard InChI is InChI=1S/C30H37ClFN7O5Si.C18H19Cl2FN4O4Si.C12H19N3O.CH3OPS/c1-36-8-10-37(11-9-36)21-6-7-25(26(17-21)42-2)33-30-34-28-27(24(31)18-38(28)19-43-12-13-45(3,4)5)29(35-30)44-23-15-20(32)14-22(16-23)39(40)41;1-30(2,3)5-4-28-10-24-9-14(19)15-16(24)22-18(20)23-17(15)29-13-7-11(21)6-12(8-13)25(26)27;1-14-5-7-15(8-6-14)10-3-4-11(13)12(9-10)16-2;1-3(2)4/h6-7,14-18H,8-13,19H2,1-5H3,(H,33,34,35);6-9H,4-5,10H2,1-3H3;3-4,9H,5-8,13H2,1-2H3;1H3/p+1.